The summed E-state index contributed by atoms with van der Waals surface area (Å²) in [5, 5.41) is 16.3. The SMILES string of the molecule is CC(C)(C)OC(=O)N[C@@H](c1ccco1)[C@H](N=C(c1ccccc1)c1ccccc1NC(=O)[C@@H]1CCCN1Cc1ccccc1)C(=O)O. The number of hydrogen-bond donors (Lipinski definition) is 3. The van der Waals surface area contributed by atoms with Crippen molar-refractivity contribution in [2.24, 2.45) is 4.99 Å². The van der Waals surface area contributed by atoms with E-state index in [1.54, 1.807) is 51.1 Å². The lowest BCUT2D eigenvalue weighted by Gasteiger charge is -2.26. The Kier molecular flexibility index (Phi) is 10.5. The van der Waals surface area contributed by atoms with E-state index in [2.05, 4.69) is 27.7 Å². The van der Waals surface area contributed by atoms with Crippen molar-refractivity contribution in [3.63, 3.8) is 0 Å². The summed E-state index contributed by atoms with van der Waals surface area (Å²) in [6.45, 7) is 6.62. The summed E-state index contributed by atoms with van der Waals surface area (Å²) < 4.78 is 11.0. The van der Waals surface area contributed by atoms with Gasteiger partial charge in [-0.2, -0.15) is 0 Å². The fourth-order valence-corrected chi connectivity index (χ4v) is 5.66. The highest BCUT2D eigenvalue weighted by Gasteiger charge is 2.36. The Balaban J connectivity index is 1.51. The number of carboxylic acid groups (broad SMARTS) is 1. The maximum Gasteiger partial charge on any atom is 0.408 e. The molecule has 1 aliphatic heterocycles. The molecule has 2 amide bonds. The summed E-state index contributed by atoms with van der Waals surface area (Å²) in [5.74, 6) is -1.24. The van der Waals surface area contributed by atoms with Gasteiger partial charge in [0.25, 0.3) is 0 Å². The van der Waals surface area contributed by atoms with Gasteiger partial charge in [0.2, 0.25) is 5.91 Å². The van der Waals surface area contributed by atoms with Gasteiger partial charge in [-0.05, 0) is 63.9 Å². The summed E-state index contributed by atoms with van der Waals surface area (Å²) in [7, 11) is 0. The number of para-hydroxylation sites is 1. The third-order valence-electron chi connectivity index (χ3n) is 7.74. The Morgan fingerprint density at radius 2 is 1.64 bits per heavy atom. The molecular weight excluding hydrogens is 596 g/mol. The van der Waals surface area contributed by atoms with Gasteiger partial charge < -0.3 is 24.9 Å². The van der Waals surface area contributed by atoms with Crippen LogP contribution >= 0.6 is 0 Å². The summed E-state index contributed by atoms with van der Waals surface area (Å²) in [6, 6.07) is 26.5. The minimum atomic E-state index is -1.52. The predicted octanol–water partition coefficient (Wildman–Crippen LogP) is 6.44. The Hall–Kier alpha value is -5.22. The molecule has 10 heteroatoms. The van der Waals surface area contributed by atoms with E-state index < -0.39 is 29.7 Å². The minimum Gasteiger partial charge on any atom is -0.480 e. The van der Waals surface area contributed by atoms with Crippen molar-refractivity contribution >= 4 is 29.4 Å². The van der Waals surface area contributed by atoms with E-state index in [9.17, 15) is 19.5 Å². The maximum absolute atomic E-state index is 13.8. The van der Waals surface area contributed by atoms with Crippen LogP contribution in [0.4, 0.5) is 10.5 Å². The van der Waals surface area contributed by atoms with Gasteiger partial charge in [0, 0.05) is 17.7 Å². The minimum absolute atomic E-state index is 0.145. The number of aliphatic imine (C=N–C) groups is 1. The van der Waals surface area contributed by atoms with Crippen LogP contribution in [0.2, 0.25) is 0 Å². The van der Waals surface area contributed by atoms with Crippen LogP contribution in [-0.4, -0.2) is 57.9 Å². The largest absolute Gasteiger partial charge is 0.480 e. The average Bonchev–Trinajstić information content (AvgIpc) is 3.74. The quantitative estimate of drug-likeness (QED) is 0.161. The molecule has 4 aromatic rings. The van der Waals surface area contributed by atoms with Gasteiger partial charge in [0.1, 0.15) is 17.4 Å². The molecule has 0 aliphatic carbocycles. The van der Waals surface area contributed by atoms with Gasteiger partial charge in [0.05, 0.1) is 23.7 Å². The van der Waals surface area contributed by atoms with Crippen LogP contribution in [-0.2, 0) is 20.9 Å². The predicted molar refractivity (Wildman–Crippen MR) is 179 cm³/mol. The van der Waals surface area contributed by atoms with Crippen LogP contribution < -0.4 is 10.6 Å². The van der Waals surface area contributed by atoms with E-state index in [0.29, 0.717) is 29.1 Å². The highest BCUT2D eigenvalue weighted by atomic mass is 16.6. The molecule has 3 atom stereocenters. The fourth-order valence-electron chi connectivity index (χ4n) is 5.66. The van der Waals surface area contributed by atoms with Crippen molar-refractivity contribution in [1.82, 2.24) is 10.2 Å². The number of anilines is 1. The Labute approximate surface area is 274 Å². The van der Waals surface area contributed by atoms with Crippen LogP contribution in [0.15, 0.2) is 113 Å². The molecular formula is C37H40N4O6. The summed E-state index contributed by atoms with van der Waals surface area (Å²) in [5.41, 5.74) is 2.29. The number of carbonyl (C=O) groups is 3. The second-order valence-corrected chi connectivity index (χ2v) is 12.4. The van der Waals surface area contributed by atoms with E-state index in [0.717, 1.165) is 24.9 Å². The van der Waals surface area contributed by atoms with Crippen LogP contribution in [0.1, 0.15) is 62.1 Å². The molecule has 1 fully saturated rings. The molecule has 0 unspecified atom stereocenters. The molecule has 1 aromatic heterocycles. The van der Waals surface area contributed by atoms with Gasteiger partial charge in [-0.15, -0.1) is 0 Å². The zero-order valence-corrected chi connectivity index (χ0v) is 26.8. The van der Waals surface area contributed by atoms with Crippen molar-refractivity contribution in [3.8, 4) is 0 Å². The maximum atomic E-state index is 13.8. The van der Waals surface area contributed by atoms with Gasteiger partial charge >= 0.3 is 12.1 Å². The fraction of sp³-hybridized carbons (Fsp3) is 0.297. The van der Waals surface area contributed by atoms with Gasteiger partial charge in [-0.3, -0.25) is 14.7 Å². The number of rotatable bonds is 11. The monoisotopic (exact) mass is 636 g/mol. The second kappa shape index (κ2) is 14.9. The van der Waals surface area contributed by atoms with Crippen molar-refractivity contribution in [2.45, 2.75) is 63.9 Å². The van der Waals surface area contributed by atoms with E-state index in [4.69, 9.17) is 14.1 Å². The smallest absolute Gasteiger partial charge is 0.408 e. The molecule has 3 aromatic carbocycles. The molecule has 0 saturated carbocycles. The summed E-state index contributed by atoms with van der Waals surface area (Å²) in [4.78, 5) is 46.6. The number of hydrogen-bond acceptors (Lipinski definition) is 7. The first-order chi connectivity index (χ1) is 22.6. The zero-order valence-electron chi connectivity index (χ0n) is 26.8. The van der Waals surface area contributed by atoms with Crippen LogP contribution in [0.3, 0.4) is 0 Å². The number of likely N-dealkylation sites (tertiary alicyclic amines) is 1. The van der Waals surface area contributed by atoms with Crippen molar-refractivity contribution in [3.05, 3.63) is 126 Å². The van der Waals surface area contributed by atoms with Gasteiger partial charge in [-0.25, -0.2) is 9.59 Å². The number of alkyl carbamates (subject to hydrolysis) is 1. The normalized spacial score (nSPS) is 16.7. The molecule has 5 rings (SSSR count). The molecule has 3 N–H and O–H groups in total. The lowest BCUT2D eigenvalue weighted by molar-refractivity contribution is -0.139. The lowest BCUT2D eigenvalue weighted by atomic mass is 9.98. The standard InChI is InChI=1S/C37H40N4O6/c1-37(2,3)47-36(45)40-32(30-21-13-23-46-30)33(35(43)44)39-31(26-16-8-5-9-17-26)27-18-10-11-19-28(27)38-34(42)29-20-12-22-41(29)24-25-14-6-4-7-15-25/h4-11,13-19,21,23,29,32-33H,12,20,22,24H2,1-3H3,(H,38,42)(H,40,45)(H,43,44)/t29-,32-,33-/m0/s1. The average molecular weight is 637 g/mol. The number of nitrogens with one attached hydrogen (secondary N) is 2. The Morgan fingerprint density at radius 3 is 2.30 bits per heavy atom. The van der Waals surface area contributed by atoms with Crippen molar-refractivity contribution in [2.75, 3.05) is 11.9 Å². The first-order valence-electron chi connectivity index (χ1n) is 15.7. The Morgan fingerprint density at radius 1 is 0.957 bits per heavy atom. The molecule has 1 saturated heterocycles. The number of aliphatic carboxylic acids is 1. The second-order valence-electron chi connectivity index (χ2n) is 12.4. The molecule has 1 aliphatic rings. The molecule has 10 nitrogen and oxygen atoms in total. The molecule has 47 heavy (non-hydrogen) atoms. The number of furan rings is 1. The summed E-state index contributed by atoms with van der Waals surface area (Å²) in [6.07, 6.45) is 2.21. The van der Waals surface area contributed by atoms with E-state index in [1.807, 2.05) is 54.6 Å². The molecule has 244 valence electrons. The number of carbonyl (C=O) groups excluding carboxylic acids is 2. The molecule has 2 heterocycles. The first kappa shape index (κ1) is 33.2. The third kappa shape index (κ3) is 8.74. The summed E-state index contributed by atoms with van der Waals surface area (Å²) >= 11 is 0. The van der Waals surface area contributed by atoms with Gasteiger partial charge in [0.15, 0.2) is 6.04 Å². The van der Waals surface area contributed by atoms with Gasteiger partial charge in [-0.1, -0.05) is 78.9 Å². The van der Waals surface area contributed by atoms with Crippen LogP contribution in [0.25, 0.3) is 0 Å². The van der Waals surface area contributed by atoms with E-state index >= 15 is 0 Å². The van der Waals surface area contributed by atoms with Crippen molar-refractivity contribution in [1.29, 1.82) is 0 Å². The molecule has 0 bridgehead atoms. The van der Waals surface area contributed by atoms with E-state index in [1.165, 1.54) is 6.26 Å². The number of carboxylic acids is 1. The first-order valence-corrected chi connectivity index (χ1v) is 15.7. The number of ether oxygens (including phenoxy) is 1. The third-order valence-corrected chi connectivity index (χ3v) is 7.74. The number of amides is 2. The van der Waals surface area contributed by atoms with Crippen LogP contribution in [0, 0.1) is 0 Å². The lowest BCUT2D eigenvalue weighted by Crippen LogP contribution is -2.42. The van der Waals surface area contributed by atoms with Crippen molar-refractivity contribution < 1.29 is 28.6 Å². The Bertz CT molecular complexity index is 1680. The van der Waals surface area contributed by atoms with E-state index in [-0.39, 0.29) is 17.7 Å². The molecule has 0 spiro atoms. The number of benzene rings is 3. The molecule has 0 radical (unpaired) electrons. The number of nitrogens with zero attached hydrogens (tertiary/aromatic N) is 2. The highest BCUT2D eigenvalue weighted by molar-refractivity contribution is 6.17. The highest BCUT2D eigenvalue weighted by Crippen LogP contribution is 2.28. The topological polar surface area (TPSA) is 133 Å². The zero-order chi connectivity index (χ0) is 33.4. The van der Waals surface area contributed by atoms with Crippen LogP contribution in [0.5, 0.6) is 0 Å².